The van der Waals surface area contributed by atoms with Gasteiger partial charge >= 0.3 is 0 Å². The van der Waals surface area contributed by atoms with Gasteiger partial charge in [0.1, 0.15) is 0 Å². The van der Waals surface area contributed by atoms with Crippen LogP contribution in [0.5, 0.6) is 0 Å². The highest BCUT2D eigenvalue weighted by Gasteiger charge is 2.04. The molecule has 0 bridgehead atoms. The van der Waals surface area contributed by atoms with E-state index in [-0.39, 0.29) is 5.56 Å². The number of H-pyrrole nitrogens is 2. The van der Waals surface area contributed by atoms with Gasteiger partial charge in [-0.15, -0.1) is 0 Å². The highest BCUT2D eigenvalue weighted by atomic mass is 16.1. The van der Waals surface area contributed by atoms with Gasteiger partial charge in [0.15, 0.2) is 0 Å². The second kappa shape index (κ2) is 8.77. The normalized spacial score (nSPS) is 10.7. The molecule has 7 nitrogen and oxygen atoms in total. The Kier molecular flexibility index (Phi) is 5.92. The summed E-state index contributed by atoms with van der Waals surface area (Å²) in [5.41, 5.74) is 2.62. The number of hydrogen-bond donors (Lipinski definition) is 3. The van der Waals surface area contributed by atoms with Crippen molar-refractivity contribution in [2.75, 3.05) is 11.9 Å². The van der Waals surface area contributed by atoms with E-state index in [0.717, 1.165) is 43.5 Å². The first-order chi connectivity index (χ1) is 12.3. The van der Waals surface area contributed by atoms with Gasteiger partial charge in [0.2, 0.25) is 5.95 Å². The number of aromatic amines is 2. The van der Waals surface area contributed by atoms with Crippen molar-refractivity contribution in [3.05, 3.63) is 70.4 Å². The Labute approximate surface area is 146 Å². The smallest absolute Gasteiger partial charge is 0.255 e. The molecule has 3 rings (SSSR count). The predicted molar refractivity (Wildman–Crippen MR) is 96.5 cm³/mol. The average Bonchev–Trinajstić information content (AvgIpc) is 3.14. The van der Waals surface area contributed by atoms with Crippen molar-refractivity contribution in [3.8, 4) is 0 Å². The molecule has 0 atom stereocenters. The Hall–Kier alpha value is -2.96. The Balaban J connectivity index is 1.41. The number of nitrogens with zero attached hydrogens (tertiary/aromatic N) is 3. The van der Waals surface area contributed by atoms with Gasteiger partial charge in [-0.2, -0.15) is 0 Å². The number of rotatable bonds is 9. The Morgan fingerprint density at radius 1 is 1.12 bits per heavy atom. The van der Waals surface area contributed by atoms with Crippen molar-refractivity contribution < 1.29 is 0 Å². The number of imidazole rings is 1. The minimum absolute atomic E-state index is 0.111. The van der Waals surface area contributed by atoms with Crippen molar-refractivity contribution in [2.45, 2.75) is 32.1 Å². The van der Waals surface area contributed by atoms with Crippen LogP contribution in [0, 0.1) is 0 Å². The lowest BCUT2D eigenvalue weighted by Crippen LogP contribution is -2.17. The maximum absolute atomic E-state index is 12.1. The van der Waals surface area contributed by atoms with E-state index >= 15 is 0 Å². The molecule has 0 saturated carbocycles. The maximum Gasteiger partial charge on any atom is 0.255 e. The minimum Gasteiger partial charge on any atom is -0.356 e. The molecule has 3 aromatic rings. The van der Waals surface area contributed by atoms with E-state index in [1.165, 1.54) is 0 Å². The van der Waals surface area contributed by atoms with E-state index < -0.39 is 0 Å². The lowest BCUT2D eigenvalue weighted by atomic mass is 10.1. The van der Waals surface area contributed by atoms with Gasteiger partial charge < -0.3 is 10.3 Å². The van der Waals surface area contributed by atoms with Gasteiger partial charge in [-0.1, -0.05) is 12.5 Å². The average molecular weight is 338 g/mol. The molecule has 0 aromatic carbocycles. The third-order valence-electron chi connectivity index (χ3n) is 3.95. The maximum atomic E-state index is 12.1. The number of aromatic nitrogens is 5. The summed E-state index contributed by atoms with van der Waals surface area (Å²) in [5, 5.41) is 3.17. The Morgan fingerprint density at radius 2 is 2.08 bits per heavy atom. The molecule has 0 amide bonds. The van der Waals surface area contributed by atoms with Crippen molar-refractivity contribution in [3.63, 3.8) is 0 Å². The summed E-state index contributed by atoms with van der Waals surface area (Å²) in [6.45, 7) is 0.783. The SMILES string of the molecule is O=c1[nH]c(NCCCCCc2c[nH]cn2)ncc1Cc1cccnc1. The summed E-state index contributed by atoms with van der Waals surface area (Å²) in [6, 6.07) is 3.81. The molecule has 0 aliphatic carbocycles. The fraction of sp³-hybridized carbons (Fsp3) is 0.333. The van der Waals surface area contributed by atoms with Crippen molar-refractivity contribution >= 4 is 5.95 Å². The zero-order chi connectivity index (χ0) is 17.3. The fourth-order valence-electron chi connectivity index (χ4n) is 2.60. The van der Waals surface area contributed by atoms with E-state index in [4.69, 9.17) is 0 Å². The number of hydrogen-bond acceptors (Lipinski definition) is 5. The van der Waals surface area contributed by atoms with Crippen LogP contribution in [0.1, 0.15) is 36.1 Å². The van der Waals surface area contributed by atoms with Crippen LogP contribution < -0.4 is 10.9 Å². The molecular formula is C18H22N6O. The Morgan fingerprint density at radius 3 is 2.84 bits per heavy atom. The van der Waals surface area contributed by atoms with E-state index in [9.17, 15) is 4.79 Å². The summed E-state index contributed by atoms with van der Waals surface area (Å²) in [6.07, 6.45) is 13.5. The molecule has 0 unspecified atom stereocenters. The van der Waals surface area contributed by atoms with Gasteiger partial charge in [0, 0.05) is 43.3 Å². The molecule has 25 heavy (non-hydrogen) atoms. The van der Waals surface area contributed by atoms with Crippen molar-refractivity contribution in [1.82, 2.24) is 24.9 Å². The summed E-state index contributed by atoms with van der Waals surface area (Å²) in [7, 11) is 0. The molecule has 3 N–H and O–H groups in total. The molecule has 7 heteroatoms. The second-order valence-electron chi connectivity index (χ2n) is 5.92. The highest BCUT2D eigenvalue weighted by Crippen LogP contribution is 2.05. The van der Waals surface area contributed by atoms with Crippen LogP contribution in [-0.2, 0) is 12.8 Å². The molecule has 0 fully saturated rings. The van der Waals surface area contributed by atoms with Crippen LogP contribution >= 0.6 is 0 Å². The zero-order valence-corrected chi connectivity index (χ0v) is 14.0. The molecule has 3 heterocycles. The minimum atomic E-state index is -0.111. The topological polar surface area (TPSA) is 99.3 Å². The van der Waals surface area contributed by atoms with Gasteiger partial charge in [-0.3, -0.25) is 14.8 Å². The van der Waals surface area contributed by atoms with Crippen molar-refractivity contribution in [2.24, 2.45) is 0 Å². The number of unbranched alkanes of at least 4 members (excludes halogenated alkanes) is 2. The van der Waals surface area contributed by atoms with E-state index in [1.54, 1.807) is 24.9 Å². The second-order valence-corrected chi connectivity index (χ2v) is 5.92. The number of anilines is 1. The number of pyridine rings is 1. The van der Waals surface area contributed by atoms with Crippen molar-refractivity contribution in [1.29, 1.82) is 0 Å². The summed E-state index contributed by atoms with van der Waals surface area (Å²) in [4.78, 5) is 30.5. The van der Waals surface area contributed by atoms with E-state index in [2.05, 4.69) is 30.2 Å². The van der Waals surface area contributed by atoms with Gasteiger partial charge in [-0.25, -0.2) is 9.97 Å². The molecule has 0 aliphatic heterocycles. The summed E-state index contributed by atoms with van der Waals surface area (Å²) in [5.74, 6) is 0.521. The molecule has 0 spiro atoms. The number of nitrogens with one attached hydrogen (secondary N) is 3. The lowest BCUT2D eigenvalue weighted by molar-refractivity contribution is 0.689. The fourth-order valence-corrected chi connectivity index (χ4v) is 2.60. The monoisotopic (exact) mass is 338 g/mol. The molecule has 3 aromatic heterocycles. The first-order valence-electron chi connectivity index (χ1n) is 8.50. The third kappa shape index (κ3) is 5.27. The van der Waals surface area contributed by atoms with Crippen LogP contribution in [0.2, 0.25) is 0 Å². The van der Waals surface area contributed by atoms with Gasteiger partial charge in [-0.05, 0) is 30.9 Å². The molecule has 130 valence electrons. The van der Waals surface area contributed by atoms with E-state index in [1.807, 2.05) is 18.3 Å². The van der Waals surface area contributed by atoms with Crippen LogP contribution in [0.4, 0.5) is 5.95 Å². The zero-order valence-electron chi connectivity index (χ0n) is 14.0. The van der Waals surface area contributed by atoms with Crippen LogP contribution in [0.3, 0.4) is 0 Å². The quantitative estimate of drug-likeness (QED) is 0.520. The van der Waals surface area contributed by atoms with Crippen LogP contribution in [-0.4, -0.2) is 31.5 Å². The van der Waals surface area contributed by atoms with Gasteiger partial charge in [0.25, 0.3) is 5.56 Å². The standard InChI is InChI=1S/C18H22N6O/c25-17-15(9-14-5-4-7-19-10-14)11-22-18(24-17)21-8-3-1-2-6-16-12-20-13-23-16/h4-5,7,10-13H,1-3,6,8-9H2,(H,20,23)(H2,21,22,24,25). The number of aryl methyl sites for hydroxylation is 1. The largest absolute Gasteiger partial charge is 0.356 e. The molecular weight excluding hydrogens is 316 g/mol. The Bertz CT molecular complexity index is 813. The molecule has 0 saturated heterocycles. The lowest BCUT2D eigenvalue weighted by Gasteiger charge is -2.06. The van der Waals surface area contributed by atoms with E-state index in [0.29, 0.717) is 17.9 Å². The third-order valence-corrected chi connectivity index (χ3v) is 3.95. The first-order valence-corrected chi connectivity index (χ1v) is 8.50. The summed E-state index contributed by atoms with van der Waals surface area (Å²) < 4.78 is 0. The predicted octanol–water partition coefficient (Wildman–Crippen LogP) is 2.30. The summed E-state index contributed by atoms with van der Waals surface area (Å²) >= 11 is 0. The highest BCUT2D eigenvalue weighted by molar-refractivity contribution is 5.27. The van der Waals surface area contributed by atoms with Crippen LogP contribution in [0.25, 0.3) is 0 Å². The molecule has 0 radical (unpaired) electrons. The van der Waals surface area contributed by atoms with Gasteiger partial charge in [0.05, 0.1) is 12.0 Å². The molecule has 0 aliphatic rings. The first kappa shape index (κ1) is 16.9. The van der Waals surface area contributed by atoms with Crippen LogP contribution in [0.15, 0.2) is 48.0 Å².